The number of benzene rings is 2. The molecule has 0 fully saturated rings. The minimum Gasteiger partial charge on any atom is -0.497 e. The molecular formula is C22H29N3O3. The molecule has 0 aliphatic carbocycles. The molecule has 28 heavy (non-hydrogen) atoms. The van der Waals surface area contributed by atoms with Crippen LogP contribution in [0.15, 0.2) is 48.5 Å². The fraction of sp³-hybridized carbons (Fsp3) is 0.364. The third kappa shape index (κ3) is 6.09. The zero-order valence-electron chi connectivity index (χ0n) is 16.6. The summed E-state index contributed by atoms with van der Waals surface area (Å²) in [6, 6.07) is 14.4. The van der Waals surface area contributed by atoms with Crippen LogP contribution in [-0.2, 0) is 16.0 Å². The Morgan fingerprint density at radius 3 is 2.14 bits per heavy atom. The molecule has 2 rings (SSSR count). The molecule has 2 aromatic carbocycles. The monoisotopic (exact) mass is 383 g/mol. The van der Waals surface area contributed by atoms with Crippen LogP contribution in [0.3, 0.4) is 0 Å². The Labute approximate surface area is 166 Å². The summed E-state index contributed by atoms with van der Waals surface area (Å²) in [6.45, 7) is 3.99. The lowest BCUT2D eigenvalue weighted by Crippen LogP contribution is -2.52. The highest BCUT2D eigenvalue weighted by atomic mass is 16.5. The molecule has 2 atom stereocenters. The molecule has 6 nitrogen and oxygen atoms in total. The summed E-state index contributed by atoms with van der Waals surface area (Å²) >= 11 is 0. The maximum atomic E-state index is 11.9. The molecule has 5 N–H and O–H groups in total. The van der Waals surface area contributed by atoms with Crippen molar-refractivity contribution in [3.63, 3.8) is 0 Å². The number of rotatable bonds is 10. The van der Waals surface area contributed by atoms with Gasteiger partial charge < -0.3 is 16.2 Å². The van der Waals surface area contributed by atoms with Gasteiger partial charge in [-0.25, -0.2) is 0 Å². The number of carbonyl (C=O) groups is 2. The van der Waals surface area contributed by atoms with E-state index in [9.17, 15) is 9.59 Å². The van der Waals surface area contributed by atoms with E-state index in [1.54, 1.807) is 7.11 Å². The van der Waals surface area contributed by atoms with Crippen molar-refractivity contribution >= 4 is 11.8 Å². The molecule has 6 heteroatoms. The number of nitrogens with two attached hydrogens (primary N) is 2. The van der Waals surface area contributed by atoms with E-state index in [-0.39, 0.29) is 5.92 Å². The number of methoxy groups -OCH3 is 1. The molecular weight excluding hydrogens is 354 g/mol. The van der Waals surface area contributed by atoms with Gasteiger partial charge in [-0.2, -0.15) is 0 Å². The maximum absolute atomic E-state index is 11.9. The van der Waals surface area contributed by atoms with Crippen molar-refractivity contribution in [2.75, 3.05) is 7.11 Å². The number of amides is 2. The van der Waals surface area contributed by atoms with Gasteiger partial charge in [0.25, 0.3) is 0 Å². The van der Waals surface area contributed by atoms with Crippen molar-refractivity contribution in [2.45, 2.75) is 38.8 Å². The Kier molecular flexibility index (Phi) is 7.58. The zero-order valence-corrected chi connectivity index (χ0v) is 16.6. The average molecular weight is 383 g/mol. The van der Waals surface area contributed by atoms with Gasteiger partial charge in [-0.1, -0.05) is 50.2 Å². The quantitative estimate of drug-likeness (QED) is 0.585. The highest BCUT2D eigenvalue weighted by molar-refractivity contribution is 5.83. The molecule has 0 bridgehead atoms. The largest absolute Gasteiger partial charge is 0.497 e. The first-order valence-corrected chi connectivity index (χ1v) is 9.38. The summed E-state index contributed by atoms with van der Waals surface area (Å²) in [6.07, 6.45) is 0.934. The van der Waals surface area contributed by atoms with Crippen LogP contribution in [0.5, 0.6) is 5.75 Å². The number of ether oxygens (including phenoxy) is 1. The molecule has 2 aromatic rings. The van der Waals surface area contributed by atoms with Crippen LogP contribution < -0.4 is 21.5 Å². The molecule has 0 unspecified atom stereocenters. The fourth-order valence-electron chi connectivity index (χ4n) is 3.09. The van der Waals surface area contributed by atoms with Gasteiger partial charge in [-0.3, -0.25) is 14.9 Å². The number of hydrogen-bond donors (Lipinski definition) is 3. The van der Waals surface area contributed by atoms with Crippen molar-refractivity contribution in [1.82, 2.24) is 5.32 Å². The first-order chi connectivity index (χ1) is 13.3. The van der Waals surface area contributed by atoms with Gasteiger partial charge in [0.15, 0.2) is 0 Å². The normalized spacial score (nSPS) is 13.1. The van der Waals surface area contributed by atoms with E-state index in [1.807, 2.05) is 62.4 Å². The van der Waals surface area contributed by atoms with Gasteiger partial charge in [0.05, 0.1) is 19.2 Å². The Morgan fingerprint density at radius 2 is 1.61 bits per heavy atom. The maximum Gasteiger partial charge on any atom is 0.234 e. The second-order valence-corrected chi connectivity index (χ2v) is 7.34. The van der Waals surface area contributed by atoms with Crippen LogP contribution in [-0.4, -0.2) is 31.0 Å². The lowest BCUT2D eigenvalue weighted by atomic mass is 9.98. The van der Waals surface area contributed by atoms with Gasteiger partial charge in [-0.15, -0.1) is 0 Å². The third-order valence-corrected chi connectivity index (χ3v) is 4.59. The second kappa shape index (κ2) is 9.90. The molecule has 0 aliphatic rings. The summed E-state index contributed by atoms with van der Waals surface area (Å²) in [5, 5.41) is 3.03. The predicted molar refractivity (Wildman–Crippen MR) is 111 cm³/mol. The lowest BCUT2D eigenvalue weighted by Gasteiger charge is -2.23. The predicted octanol–water partition coefficient (Wildman–Crippen LogP) is 2.25. The van der Waals surface area contributed by atoms with E-state index in [0.29, 0.717) is 12.8 Å². The Hall–Kier alpha value is -2.86. The summed E-state index contributed by atoms with van der Waals surface area (Å²) < 4.78 is 5.27. The Bertz CT molecular complexity index is 803. The van der Waals surface area contributed by atoms with Crippen molar-refractivity contribution in [3.05, 3.63) is 54.1 Å². The molecule has 0 saturated heterocycles. The van der Waals surface area contributed by atoms with Crippen molar-refractivity contribution in [1.29, 1.82) is 0 Å². The zero-order chi connectivity index (χ0) is 20.7. The van der Waals surface area contributed by atoms with Gasteiger partial charge in [0.2, 0.25) is 11.8 Å². The van der Waals surface area contributed by atoms with E-state index >= 15 is 0 Å². The summed E-state index contributed by atoms with van der Waals surface area (Å²) in [5.41, 5.74) is 14.0. The second-order valence-electron chi connectivity index (χ2n) is 7.34. The number of hydrogen-bond acceptors (Lipinski definition) is 4. The molecule has 0 aliphatic heterocycles. The fourth-order valence-corrected chi connectivity index (χ4v) is 3.09. The van der Waals surface area contributed by atoms with Gasteiger partial charge in [-0.05, 0) is 47.6 Å². The number of nitrogens with one attached hydrogen (secondary N) is 1. The van der Waals surface area contributed by atoms with Crippen LogP contribution in [0.2, 0.25) is 0 Å². The third-order valence-electron chi connectivity index (χ3n) is 4.59. The van der Waals surface area contributed by atoms with Crippen LogP contribution in [0.1, 0.15) is 25.8 Å². The number of carbonyl (C=O) groups excluding carboxylic acids is 2. The van der Waals surface area contributed by atoms with E-state index in [1.165, 1.54) is 0 Å². The van der Waals surface area contributed by atoms with Gasteiger partial charge in [0.1, 0.15) is 5.75 Å². The van der Waals surface area contributed by atoms with Crippen molar-refractivity contribution in [3.8, 4) is 16.9 Å². The molecule has 150 valence electrons. The summed E-state index contributed by atoms with van der Waals surface area (Å²) in [4.78, 5) is 23.6. The molecule has 0 spiro atoms. The molecule has 0 heterocycles. The smallest absolute Gasteiger partial charge is 0.234 e. The van der Waals surface area contributed by atoms with E-state index in [4.69, 9.17) is 16.2 Å². The van der Waals surface area contributed by atoms with Gasteiger partial charge in [0, 0.05) is 0 Å². The van der Waals surface area contributed by atoms with Crippen LogP contribution in [0.4, 0.5) is 0 Å². The molecule has 0 radical (unpaired) electrons. The molecule has 2 amide bonds. The summed E-state index contributed by atoms with van der Waals surface area (Å²) in [5.74, 6) is 0.0723. The van der Waals surface area contributed by atoms with E-state index < -0.39 is 23.9 Å². The average Bonchev–Trinajstić information content (AvgIpc) is 2.66. The van der Waals surface area contributed by atoms with Crippen LogP contribution >= 0.6 is 0 Å². The highest BCUT2D eigenvalue weighted by Gasteiger charge is 2.24. The van der Waals surface area contributed by atoms with E-state index in [2.05, 4.69) is 5.32 Å². The lowest BCUT2D eigenvalue weighted by molar-refractivity contribution is -0.122. The standard InChI is InChI=1S/C22H29N3O3/c1-14(2)11-19(21(23)26)25-20(22(24)27)12-15-7-9-16(10-8-15)17-5-4-6-18(13-17)28-3/h4-10,13-14,19-20,25H,11-12H2,1-3H3,(H2,23,26)(H2,24,27)/t19-,20+/m1/s1. The van der Waals surface area contributed by atoms with Crippen LogP contribution in [0.25, 0.3) is 11.1 Å². The van der Waals surface area contributed by atoms with E-state index in [0.717, 1.165) is 22.4 Å². The van der Waals surface area contributed by atoms with Gasteiger partial charge >= 0.3 is 0 Å². The number of primary amides is 2. The minimum atomic E-state index is -0.668. The molecule has 0 saturated carbocycles. The molecule has 0 aromatic heterocycles. The minimum absolute atomic E-state index is 0.265. The first kappa shape index (κ1) is 21.4. The Balaban J connectivity index is 2.12. The van der Waals surface area contributed by atoms with Crippen molar-refractivity contribution in [2.24, 2.45) is 17.4 Å². The van der Waals surface area contributed by atoms with Crippen LogP contribution in [0, 0.1) is 5.92 Å². The summed E-state index contributed by atoms with van der Waals surface area (Å²) in [7, 11) is 1.64. The SMILES string of the molecule is COc1cccc(-c2ccc(C[C@H](N[C@H](CC(C)C)C(N)=O)C(N)=O)cc2)c1. The first-order valence-electron chi connectivity index (χ1n) is 9.38. The topological polar surface area (TPSA) is 107 Å². The van der Waals surface area contributed by atoms with Crippen molar-refractivity contribution < 1.29 is 14.3 Å². The highest BCUT2D eigenvalue weighted by Crippen LogP contribution is 2.24. The Morgan fingerprint density at radius 1 is 0.964 bits per heavy atom.